The first kappa shape index (κ1) is 16.5. The van der Waals surface area contributed by atoms with Gasteiger partial charge in [0.15, 0.2) is 0 Å². The summed E-state index contributed by atoms with van der Waals surface area (Å²) in [7, 11) is 0. The van der Waals surface area contributed by atoms with E-state index in [1.807, 2.05) is 36.4 Å². The number of fused-ring (bicyclic) bond motifs is 1. The molecular weight excluding hydrogens is 342 g/mol. The average Bonchev–Trinajstić information content (AvgIpc) is 2.98. The summed E-state index contributed by atoms with van der Waals surface area (Å²) in [5.41, 5.74) is 4.74. The molecule has 1 aliphatic heterocycles. The van der Waals surface area contributed by atoms with E-state index in [1.165, 1.54) is 5.12 Å². The minimum atomic E-state index is -0.446. The Bertz CT molecular complexity index is 970. The summed E-state index contributed by atoms with van der Waals surface area (Å²) in [5.74, 6) is -0.892. The molecule has 3 aromatic rings. The Hall–Kier alpha value is -4.00. The van der Waals surface area contributed by atoms with Crippen LogP contribution >= 0.6 is 0 Å². The third-order valence-electron chi connectivity index (χ3n) is 4.03. The first-order valence-electron chi connectivity index (χ1n) is 8.30. The Balaban J connectivity index is 1.67. The number of nitrogens with one attached hydrogen (secondary N) is 1. The standard InChI is InChI=1S/C20H15N5O2/c26-19-17-13-7-8-14-18(17)20(27)24(19)25(16-11-5-2-6-12-16)23-22-21-15-9-3-1-4-10-15/h1-14H,(H,21,23). The van der Waals surface area contributed by atoms with Crippen molar-refractivity contribution in [2.24, 2.45) is 10.4 Å². The van der Waals surface area contributed by atoms with Crippen LogP contribution in [-0.4, -0.2) is 16.8 Å². The summed E-state index contributed by atoms with van der Waals surface area (Å²) >= 11 is 0. The zero-order valence-corrected chi connectivity index (χ0v) is 14.2. The molecule has 2 amide bonds. The highest BCUT2D eigenvalue weighted by molar-refractivity contribution is 6.22. The number of amides is 2. The normalized spacial score (nSPS) is 13.1. The van der Waals surface area contributed by atoms with Gasteiger partial charge in [-0.1, -0.05) is 48.5 Å². The van der Waals surface area contributed by atoms with Gasteiger partial charge in [-0.3, -0.25) is 15.0 Å². The van der Waals surface area contributed by atoms with Gasteiger partial charge in [0.1, 0.15) is 0 Å². The number of hydrogen-bond donors (Lipinski definition) is 1. The summed E-state index contributed by atoms with van der Waals surface area (Å²) < 4.78 is 0. The molecule has 7 nitrogen and oxygen atoms in total. The van der Waals surface area contributed by atoms with Gasteiger partial charge in [0.05, 0.1) is 22.5 Å². The van der Waals surface area contributed by atoms with E-state index in [2.05, 4.69) is 15.9 Å². The first-order valence-corrected chi connectivity index (χ1v) is 8.30. The molecule has 0 saturated heterocycles. The maximum atomic E-state index is 12.8. The van der Waals surface area contributed by atoms with E-state index >= 15 is 0 Å². The van der Waals surface area contributed by atoms with E-state index in [1.54, 1.807) is 48.5 Å². The Morgan fingerprint density at radius 2 is 1.22 bits per heavy atom. The lowest BCUT2D eigenvalue weighted by molar-refractivity contribution is 0.0631. The molecule has 0 aromatic heterocycles. The maximum Gasteiger partial charge on any atom is 0.282 e. The molecule has 1 heterocycles. The highest BCUT2D eigenvalue weighted by Gasteiger charge is 2.40. The molecule has 0 aliphatic carbocycles. The second-order valence-electron chi connectivity index (χ2n) is 5.76. The molecule has 0 atom stereocenters. The molecule has 0 saturated carbocycles. The number of imide groups is 1. The van der Waals surface area contributed by atoms with Gasteiger partial charge in [0, 0.05) is 0 Å². The quantitative estimate of drug-likeness (QED) is 0.424. The molecule has 0 radical (unpaired) electrons. The number of carbonyl (C=O) groups is 2. The molecule has 0 spiro atoms. The van der Waals surface area contributed by atoms with Crippen molar-refractivity contribution in [2.45, 2.75) is 0 Å². The number of carbonyl (C=O) groups excluding carboxylic acids is 2. The lowest BCUT2D eigenvalue weighted by Crippen LogP contribution is -2.43. The monoisotopic (exact) mass is 357 g/mol. The van der Waals surface area contributed by atoms with Gasteiger partial charge in [0.2, 0.25) is 0 Å². The van der Waals surface area contributed by atoms with Crippen molar-refractivity contribution >= 4 is 23.2 Å². The number of anilines is 2. The number of rotatable bonds is 5. The van der Waals surface area contributed by atoms with Crippen LogP contribution in [0.3, 0.4) is 0 Å². The molecular formula is C20H15N5O2. The molecule has 27 heavy (non-hydrogen) atoms. The van der Waals surface area contributed by atoms with Crippen molar-refractivity contribution in [1.82, 2.24) is 5.01 Å². The lowest BCUT2D eigenvalue weighted by Gasteiger charge is -2.25. The Kier molecular flexibility index (Phi) is 4.32. The third kappa shape index (κ3) is 3.13. The smallest absolute Gasteiger partial charge is 0.267 e. The van der Waals surface area contributed by atoms with E-state index < -0.39 is 11.8 Å². The van der Waals surface area contributed by atoms with Crippen LogP contribution in [-0.2, 0) is 0 Å². The van der Waals surface area contributed by atoms with Crippen LogP contribution in [0.25, 0.3) is 0 Å². The van der Waals surface area contributed by atoms with E-state index in [-0.39, 0.29) is 0 Å². The molecule has 1 N–H and O–H groups in total. The minimum Gasteiger partial charge on any atom is -0.267 e. The van der Waals surface area contributed by atoms with Crippen molar-refractivity contribution in [3.05, 3.63) is 96.1 Å². The van der Waals surface area contributed by atoms with Crippen LogP contribution in [0.4, 0.5) is 11.4 Å². The average molecular weight is 357 g/mol. The fraction of sp³-hybridized carbons (Fsp3) is 0. The van der Waals surface area contributed by atoms with Gasteiger partial charge in [-0.15, -0.1) is 5.12 Å². The topological polar surface area (TPSA) is 77.4 Å². The second kappa shape index (κ2) is 7.09. The molecule has 0 fully saturated rings. The van der Waals surface area contributed by atoms with Crippen molar-refractivity contribution in [3.63, 3.8) is 0 Å². The van der Waals surface area contributed by atoms with Crippen LogP contribution in [0.15, 0.2) is 95.4 Å². The van der Waals surface area contributed by atoms with Crippen LogP contribution in [0.1, 0.15) is 20.7 Å². The molecule has 132 valence electrons. The Labute approximate surface area is 155 Å². The summed E-state index contributed by atoms with van der Waals surface area (Å²) in [4.78, 5) is 25.6. The van der Waals surface area contributed by atoms with Gasteiger partial charge in [-0.2, -0.15) is 5.01 Å². The van der Waals surface area contributed by atoms with Gasteiger partial charge >= 0.3 is 0 Å². The van der Waals surface area contributed by atoms with Crippen LogP contribution in [0, 0.1) is 0 Å². The summed E-state index contributed by atoms with van der Waals surface area (Å²) in [6, 6.07) is 24.8. The Morgan fingerprint density at radius 1 is 0.704 bits per heavy atom. The highest BCUT2D eigenvalue weighted by Crippen LogP contribution is 2.28. The summed E-state index contributed by atoms with van der Waals surface area (Å²) in [6.07, 6.45) is 0. The van der Waals surface area contributed by atoms with E-state index in [0.29, 0.717) is 16.8 Å². The minimum absolute atomic E-state index is 0.342. The van der Waals surface area contributed by atoms with Crippen molar-refractivity contribution in [2.75, 3.05) is 10.5 Å². The Morgan fingerprint density at radius 3 is 1.81 bits per heavy atom. The SMILES string of the molecule is O=C1c2ccccc2C(=O)N1N(N=NNc1ccccc1)c1ccccc1. The van der Waals surface area contributed by atoms with Gasteiger partial charge in [0.25, 0.3) is 11.8 Å². The highest BCUT2D eigenvalue weighted by atomic mass is 16.2. The summed E-state index contributed by atoms with van der Waals surface area (Å²) in [5, 5.41) is 10.2. The van der Waals surface area contributed by atoms with E-state index in [0.717, 1.165) is 10.7 Å². The second-order valence-corrected chi connectivity index (χ2v) is 5.76. The fourth-order valence-corrected chi connectivity index (χ4v) is 2.75. The van der Waals surface area contributed by atoms with Crippen molar-refractivity contribution in [1.29, 1.82) is 0 Å². The molecule has 0 unspecified atom stereocenters. The summed E-state index contributed by atoms with van der Waals surface area (Å²) in [6.45, 7) is 0. The maximum absolute atomic E-state index is 12.8. The molecule has 1 aliphatic rings. The lowest BCUT2D eigenvalue weighted by atomic mass is 10.1. The van der Waals surface area contributed by atoms with E-state index in [4.69, 9.17) is 0 Å². The van der Waals surface area contributed by atoms with Crippen LogP contribution in [0.2, 0.25) is 0 Å². The predicted molar refractivity (Wildman–Crippen MR) is 101 cm³/mol. The van der Waals surface area contributed by atoms with Crippen molar-refractivity contribution in [3.8, 4) is 0 Å². The van der Waals surface area contributed by atoms with Gasteiger partial charge in [-0.25, -0.2) is 0 Å². The third-order valence-corrected chi connectivity index (χ3v) is 4.03. The number of benzene rings is 3. The molecule has 7 heteroatoms. The number of hydrazine groups is 1. The zero-order chi connectivity index (χ0) is 18.6. The molecule has 0 bridgehead atoms. The number of para-hydroxylation sites is 2. The van der Waals surface area contributed by atoms with Crippen LogP contribution < -0.4 is 10.5 Å². The first-order chi connectivity index (χ1) is 13.3. The van der Waals surface area contributed by atoms with Crippen LogP contribution in [0.5, 0.6) is 0 Å². The van der Waals surface area contributed by atoms with Gasteiger partial charge in [-0.05, 0) is 46.8 Å². The number of nitrogens with zero attached hydrogens (tertiary/aromatic N) is 4. The van der Waals surface area contributed by atoms with Crippen molar-refractivity contribution < 1.29 is 9.59 Å². The zero-order valence-electron chi connectivity index (χ0n) is 14.2. The molecule has 3 aromatic carbocycles. The van der Waals surface area contributed by atoms with Gasteiger partial charge < -0.3 is 0 Å². The largest absolute Gasteiger partial charge is 0.282 e. The number of hydrogen-bond acceptors (Lipinski definition) is 4. The fourth-order valence-electron chi connectivity index (χ4n) is 2.75. The predicted octanol–water partition coefficient (Wildman–Crippen LogP) is 4.10. The van der Waals surface area contributed by atoms with E-state index in [9.17, 15) is 9.59 Å². The molecule has 4 rings (SSSR count).